The number of anilines is 2. The molecule has 0 spiro atoms. The molecule has 0 saturated carbocycles. The average Bonchev–Trinajstić information content (AvgIpc) is 3.62. The predicted molar refractivity (Wildman–Crippen MR) is 123 cm³/mol. The third-order valence-corrected chi connectivity index (χ3v) is 5.36. The van der Waals surface area contributed by atoms with Gasteiger partial charge in [-0.25, -0.2) is 0 Å². The summed E-state index contributed by atoms with van der Waals surface area (Å²) in [6.45, 7) is 7.82. The van der Waals surface area contributed by atoms with Gasteiger partial charge in [-0.2, -0.15) is 0 Å². The first-order valence-corrected chi connectivity index (χ1v) is 10.5. The third-order valence-electron chi connectivity index (χ3n) is 5.36. The summed E-state index contributed by atoms with van der Waals surface area (Å²) in [6, 6.07) is 0. The van der Waals surface area contributed by atoms with Crippen LogP contribution in [0.5, 0.6) is 0 Å². The molecule has 0 aromatic carbocycles. The number of aryl methyl sites for hydroxylation is 4. The maximum Gasteiger partial charge on any atom is 0.0107 e. The van der Waals surface area contributed by atoms with Gasteiger partial charge in [0.25, 0.3) is 0 Å². The number of imidazole rings is 2. The summed E-state index contributed by atoms with van der Waals surface area (Å²) < 4.78 is 2.66. The van der Waals surface area contributed by atoms with Crippen molar-refractivity contribution in [3.63, 3.8) is 0 Å². The molecule has 0 aliphatic rings. The van der Waals surface area contributed by atoms with Gasteiger partial charge in [-0.1, -0.05) is 68.9 Å². The van der Waals surface area contributed by atoms with Crippen molar-refractivity contribution in [2.75, 3.05) is 11.5 Å². The number of nitrogens with zero attached hydrogens (tertiary/aromatic N) is 12. The Morgan fingerprint density at radius 1 is 0.509 bits per heavy atom. The number of hydrogen-bond donors (Lipinski definition) is 2. The summed E-state index contributed by atoms with van der Waals surface area (Å²) >= 11 is 0. The zero-order valence-corrected chi connectivity index (χ0v) is 65.5. The summed E-state index contributed by atoms with van der Waals surface area (Å²) in [7, 11) is 0. The molecule has 266 valence electrons. The minimum Gasteiger partial charge on any atom is -0.457 e. The standard InChI is InChI=1S/C11H10N7.C10H8N7.14V.6Y/c1-3-7-6(2)13-4-8-9(7)17-11(16-8)18-10(12)14-5-15-18;1-5-6(2)12-3-7-8(5)16-10(15-7)17-9(11)13-4-14-17;;;;;;;;;;;;;;;;;;;;/h3H2,1-2H3,(H2-,12,14,15,16,17);1-2H3,(H2-,11,13,14,15,16);;;;;;;;;;;;;;;;;;;;/q2*-3;;;;;;;;;;;;;;;;;;;;. The molecule has 4 N–H and O–H groups in total. The number of aromatic nitrogens is 12. The van der Waals surface area contributed by atoms with Gasteiger partial charge in [0.2, 0.25) is 0 Å². The van der Waals surface area contributed by atoms with Crippen LogP contribution in [-0.2, 0) is 462 Å². The molecule has 0 aliphatic heterocycles. The molecule has 0 saturated heterocycles. The van der Waals surface area contributed by atoms with Crippen molar-refractivity contribution in [1.29, 1.82) is 0 Å². The summed E-state index contributed by atoms with van der Waals surface area (Å²) in [5.74, 6) is 1.13. The number of hydrogen-bond acceptors (Lipinski definition) is 10. The fourth-order valence-corrected chi connectivity index (χ4v) is 3.40. The Bertz CT molecular complexity index is 1720. The van der Waals surface area contributed by atoms with E-state index in [4.69, 9.17) is 11.5 Å². The fourth-order valence-electron chi connectivity index (χ4n) is 3.40. The molecule has 0 atom stereocenters. The van der Waals surface area contributed by atoms with Gasteiger partial charge >= 0.3 is 0 Å². The molecule has 20 radical (unpaired) electrons. The first-order valence-electron chi connectivity index (χ1n) is 10.5. The molecule has 34 heteroatoms. The molecule has 0 fully saturated rings. The van der Waals surface area contributed by atoms with Gasteiger partial charge < -0.3 is 70.9 Å². The van der Waals surface area contributed by atoms with Crippen molar-refractivity contribution >= 4 is 34.0 Å². The van der Waals surface area contributed by atoms with Crippen LogP contribution in [0.1, 0.15) is 29.4 Å². The van der Waals surface area contributed by atoms with Gasteiger partial charge in [0.05, 0.1) is 0 Å². The van der Waals surface area contributed by atoms with Gasteiger partial charge in [-0.3, -0.25) is 0 Å². The Labute approximate surface area is 639 Å². The Morgan fingerprint density at radius 2 is 0.836 bits per heavy atom. The zero-order valence-electron chi connectivity index (χ0n) is 29.0. The molecule has 6 aromatic heterocycles. The Hall–Kier alpha value is 9.93. The first-order chi connectivity index (χ1) is 16.9. The number of nitrogens with two attached hydrogens (primary N) is 2. The van der Waals surface area contributed by atoms with Crippen LogP contribution in [-0.4, -0.2) is 49.5 Å². The fraction of sp³-hybridized carbons (Fsp3) is 0.238. The largest absolute Gasteiger partial charge is 0.457 e. The van der Waals surface area contributed by atoms with Gasteiger partial charge in [-0.05, 0) is 24.6 Å². The maximum atomic E-state index is 5.65. The van der Waals surface area contributed by atoms with Crippen molar-refractivity contribution < 1.29 is 456 Å². The van der Waals surface area contributed by atoms with Crippen LogP contribution in [0.25, 0.3) is 34.0 Å². The smallest absolute Gasteiger partial charge is 0.0107 e. The molecule has 6 aromatic rings. The van der Waals surface area contributed by atoms with Gasteiger partial charge in [0.15, 0.2) is 0 Å². The summed E-state index contributed by atoms with van der Waals surface area (Å²) in [4.78, 5) is 33.0. The molecule has 0 unspecified atom stereocenters. The zero-order chi connectivity index (χ0) is 24.7. The molecule has 6 heterocycles. The van der Waals surface area contributed by atoms with E-state index in [1.165, 1.54) is 9.36 Å². The summed E-state index contributed by atoms with van der Waals surface area (Å²) in [5.41, 5.74) is 17.8. The van der Waals surface area contributed by atoms with Crippen LogP contribution in [0.15, 0.2) is 0 Å². The average molecular weight is 1710 g/mol. The Kier molecular flexibility index (Phi) is 114. The van der Waals surface area contributed by atoms with E-state index in [2.05, 4.69) is 82.0 Å². The Morgan fingerprint density at radius 3 is 1.16 bits per heavy atom. The summed E-state index contributed by atoms with van der Waals surface area (Å²) in [5, 5.41) is 7.69. The summed E-state index contributed by atoms with van der Waals surface area (Å²) in [6.07, 6.45) is 11.3. The van der Waals surface area contributed by atoms with E-state index in [0.717, 1.165) is 40.0 Å². The first kappa shape index (κ1) is 111. The second kappa shape index (κ2) is 56.5. The second-order valence-electron chi connectivity index (χ2n) is 7.48. The molecule has 0 amide bonds. The number of pyridine rings is 2. The molecular weight excluding hydrogens is 1690 g/mol. The van der Waals surface area contributed by atoms with Crippen molar-refractivity contribution in [1.82, 2.24) is 59.4 Å². The van der Waals surface area contributed by atoms with Crippen molar-refractivity contribution in [3.05, 3.63) is 47.6 Å². The Balaban J connectivity index is -0.0000000290. The van der Waals surface area contributed by atoms with Gasteiger partial charge in [-0.15, -0.1) is 22.2 Å². The normalized spacial score (nSPS) is 7.13. The molecule has 0 bridgehead atoms. The van der Waals surface area contributed by atoms with E-state index < -0.39 is 0 Å². The predicted octanol–water partition coefficient (Wildman–Crippen LogP) is 0.138. The second-order valence-corrected chi connectivity index (χ2v) is 7.48. The van der Waals surface area contributed by atoms with Crippen LogP contribution in [0.2, 0.25) is 0 Å². The molecule has 0 aliphatic carbocycles. The van der Waals surface area contributed by atoms with Crippen molar-refractivity contribution in [3.8, 4) is 11.9 Å². The van der Waals surface area contributed by atoms with E-state index in [0.29, 0.717) is 22.9 Å². The van der Waals surface area contributed by atoms with Crippen molar-refractivity contribution in [2.45, 2.75) is 34.1 Å². The quantitative estimate of drug-likeness (QED) is 0.228. The van der Waals surface area contributed by atoms with Gasteiger partial charge in [0, 0.05) is 468 Å². The van der Waals surface area contributed by atoms with Crippen molar-refractivity contribution in [2.24, 2.45) is 0 Å². The van der Waals surface area contributed by atoms with E-state index in [-0.39, 0.29) is 468 Å². The number of fused-ring (bicyclic) bond motifs is 2. The SMILES string of the molecule is CCc1c(C)n[c-]c2nc(-n3n[c-]nc3N)[n-]c12.Cc1n[c-]c2nc(-n3n[c-]nc3N)[n-]c2c1C.[V].[V].[V].[V].[V].[V].[V].[V].[V].[V].[V].[V].[V].[V].[Y].[Y].[Y].[Y].[Y].[Y]. The van der Waals surface area contributed by atoms with Crippen LogP contribution >= 0.6 is 0 Å². The van der Waals surface area contributed by atoms with Gasteiger partial charge in [0.1, 0.15) is 0 Å². The number of rotatable bonds is 3. The van der Waals surface area contributed by atoms with E-state index in [1.807, 2.05) is 20.8 Å². The van der Waals surface area contributed by atoms with Crippen LogP contribution in [0.3, 0.4) is 0 Å². The van der Waals surface area contributed by atoms with E-state index in [1.54, 1.807) is 0 Å². The minimum absolute atomic E-state index is 0. The van der Waals surface area contributed by atoms with Crippen LogP contribution < -0.4 is 21.4 Å². The molecular formula is C21H18N14V14Y6-6. The molecule has 55 heavy (non-hydrogen) atoms. The number of nitrogen functional groups attached to an aromatic ring is 2. The van der Waals surface area contributed by atoms with Crippen LogP contribution in [0, 0.1) is 45.8 Å². The molecule has 14 nitrogen and oxygen atoms in total. The third kappa shape index (κ3) is 30.3. The maximum absolute atomic E-state index is 5.65. The van der Waals surface area contributed by atoms with E-state index >= 15 is 0 Å². The minimum atomic E-state index is 0. The molecule has 6 rings (SSSR count). The topological polar surface area (TPSA) is 193 Å². The van der Waals surface area contributed by atoms with E-state index in [9.17, 15) is 0 Å². The monoisotopic (exact) mass is 1710 g/mol. The van der Waals surface area contributed by atoms with Crippen LogP contribution in [0.4, 0.5) is 11.9 Å².